The summed E-state index contributed by atoms with van der Waals surface area (Å²) >= 11 is 1.08. The molecule has 0 fully saturated rings. The van der Waals surface area contributed by atoms with Gasteiger partial charge in [-0.15, -0.1) is 10.2 Å². The van der Waals surface area contributed by atoms with Gasteiger partial charge >= 0.3 is 0 Å². The fourth-order valence-corrected chi connectivity index (χ4v) is 2.23. The van der Waals surface area contributed by atoms with E-state index in [9.17, 15) is 8.78 Å². The molecule has 0 spiro atoms. The van der Waals surface area contributed by atoms with Crippen molar-refractivity contribution in [2.24, 2.45) is 0 Å². The summed E-state index contributed by atoms with van der Waals surface area (Å²) in [5.41, 5.74) is -0.127. The van der Waals surface area contributed by atoms with Gasteiger partial charge in [0.15, 0.2) is 5.01 Å². The molecule has 0 saturated heterocycles. The van der Waals surface area contributed by atoms with Crippen LogP contribution in [0.3, 0.4) is 0 Å². The molecular formula is C9H4F2N4S. The summed E-state index contributed by atoms with van der Waals surface area (Å²) in [4.78, 5) is 0.498. The number of hydrogen-bond donors (Lipinski definition) is 0. The monoisotopic (exact) mass is 238 g/mol. The highest BCUT2D eigenvalue weighted by Gasteiger charge is 2.16. The van der Waals surface area contributed by atoms with Crippen LogP contribution >= 0.6 is 11.3 Å². The Bertz CT molecular complexity index is 612. The van der Waals surface area contributed by atoms with Gasteiger partial charge in [0.05, 0.1) is 5.56 Å². The zero-order chi connectivity index (χ0) is 11.1. The molecule has 0 bridgehead atoms. The van der Waals surface area contributed by atoms with Crippen LogP contribution in [0.2, 0.25) is 0 Å². The summed E-state index contributed by atoms with van der Waals surface area (Å²) in [7, 11) is 0. The number of benzene rings is 1. The molecule has 0 aliphatic rings. The minimum Gasteiger partial charge on any atom is -0.206 e. The molecule has 0 saturated carbocycles. The maximum atomic E-state index is 13.5. The number of nitrogens with zero attached hydrogens (tertiary/aromatic N) is 4. The number of fused-ring (bicyclic) bond motifs is 1. The summed E-state index contributed by atoms with van der Waals surface area (Å²) in [6, 6.07) is 3.70. The van der Waals surface area contributed by atoms with Crippen LogP contribution in [0, 0.1) is 11.6 Å². The second kappa shape index (κ2) is 3.31. The van der Waals surface area contributed by atoms with Gasteiger partial charge in [0.25, 0.3) is 0 Å². The number of hydrogen-bond acceptors (Lipinski definition) is 4. The normalized spacial score (nSPS) is 11.1. The Balaban J connectivity index is 2.26. The van der Waals surface area contributed by atoms with Crippen molar-refractivity contribution < 1.29 is 8.78 Å². The van der Waals surface area contributed by atoms with Crippen LogP contribution in [0.15, 0.2) is 24.5 Å². The first-order valence-electron chi connectivity index (χ1n) is 4.37. The smallest absolute Gasteiger partial charge is 0.206 e. The molecule has 0 radical (unpaired) electrons. The molecule has 0 aliphatic heterocycles. The second-order valence-electron chi connectivity index (χ2n) is 3.06. The summed E-state index contributed by atoms with van der Waals surface area (Å²) in [5.74, 6) is -1.27. The largest absolute Gasteiger partial charge is 0.234 e. The molecule has 0 atom stereocenters. The fourth-order valence-electron chi connectivity index (χ4n) is 1.36. The molecule has 1 aromatic carbocycles. The zero-order valence-electron chi connectivity index (χ0n) is 7.76. The molecule has 4 nitrogen and oxygen atoms in total. The molecule has 80 valence electrons. The lowest BCUT2D eigenvalue weighted by Crippen LogP contribution is -1.90. The Hall–Kier alpha value is -1.89. The maximum absolute atomic E-state index is 13.5. The topological polar surface area (TPSA) is 43.1 Å². The fraction of sp³-hybridized carbons (Fsp3) is 0. The third kappa shape index (κ3) is 1.28. The number of aromatic nitrogens is 4. The SMILES string of the molecule is Fc1cccc(F)c1-c1nn2cnnc2s1. The van der Waals surface area contributed by atoms with E-state index in [1.165, 1.54) is 29.0 Å². The van der Waals surface area contributed by atoms with Gasteiger partial charge in [-0.1, -0.05) is 17.4 Å². The van der Waals surface area contributed by atoms with Crippen molar-refractivity contribution in [1.29, 1.82) is 0 Å². The highest BCUT2D eigenvalue weighted by Crippen LogP contribution is 2.29. The van der Waals surface area contributed by atoms with Gasteiger partial charge in [-0.05, 0) is 12.1 Å². The molecule has 3 rings (SSSR count). The summed E-state index contributed by atoms with van der Waals surface area (Å²) in [5, 5.41) is 11.6. The van der Waals surface area contributed by atoms with Gasteiger partial charge in [-0.2, -0.15) is 9.61 Å². The lowest BCUT2D eigenvalue weighted by molar-refractivity contribution is 0.589. The van der Waals surface area contributed by atoms with Crippen molar-refractivity contribution in [3.05, 3.63) is 36.2 Å². The number of halogens is 2. The molecule has 7 heteroatoms. The Morgan fingerprint density at radius 3 is 2.62 bits per heavy atom. The standard InChI is InChI=1S/C9H4F2N4S/c10-5-2-1-3-6(11)7(5)8-14-15-4-12-13-9(15)16-8/h1-4H. The van der Waals surface area contributed by atoms with Crippen molar-refractivity contribution in [2.45, 2.75) is 0 Å². The van der Waals surface area contributed by atoms with Gasteiger partial charge in [-0.3, -0.25) is 0 Å². The second-order valence-corrected chi connectivity index (χ2v) is 4.02. The maximum Gasteiger partial charge on any atom is 0.234 e. The lowest BCUT2D eigenvalue weighted by atomic mass is 10.2. The Kier molecular flexibility index (Phi) is 1.93. The van der Waals surface area contributed by atoms with Crippen LogP contribution in [0.25, 0.3) is 15.5 Å². The van der Waals surface area contributed by atoms with E-state index in [1.807, 2.05) is 0 Å². The highest BCUT2D eigenvalue weighted by molar-refractivity contribution is 7.19. The van der Waals surface area contributed by atoms with Crippen molar-refractivity contribution >= 4 is 16.3 Å². The van der Waals surface area contributed by atoms with Crippen molar-refractivity contribution in [1.82, 2.24) is 19.8 Å². The van der Waals surface area contributed by atoms with Crippen LogP contribution in [0.4, 0.5) is 8.78 Å². The first-order valence-corrected chi connectivity index (χ1v) is 5.18. The van der Waals surface area contributed by atoms with E-state index < -0.39 is 11.6 Å². The van der Waals surface area contributed by atoms with Crippen LogP contribution in [-0.2, 0) is 0 Å². The lowest BCUT2D eigenvalue weighted by Gasteiger charge is -1.98. The van der Waals surface area contributed by atoms with Gasteiger partial charge in [0.2, 0.25) is 4.96 Å². The Morgan fingerprint density at radius 1 is 1.19 bits per heavy atom. The molecule has 0 N–H and O–H groups in total. The molecule has 0 aliphatic carbocycles. The van der Waals surface area contributed by atoms with E-state index in [0.717, 1.165) is 11.3 Å². The van der Waals surface area contributed by atoms with E-state index in [1.54, 1.807) is 0 Å². The summed E-state index contributed by atoms with van der Waals surface area (Å²) in [6.07, 6.45) is 1.38. The van der Waals surface area contributed by atoms with Gasteiger partial charge in [0, 0.05) is 0 Å². The predicted octanol–water partition coefficient (Wildman–Crippen LogP) is 2.13. The van der Waals surface area contributed by atoms with Gasteiger partial charge in [0.1, 0.15) is 18.0 Å². The van der Waals surface area contributed by atoms with E-state index in [2.05, 4.69) is 15.3 Å². The van der Waals surface area contributed by atoms with Crippen molar-refractivity contribution in [3.8, 4) is 10.6 Å². The van der Waals surface area contributed by atoms with E-state index >= 15 is 0 Å². The van der Waals surface area contributed by atoms with Crippen molar-refractivity contribution in [3.63, 3.8) is 0 Å². The van der Waals surface area contributed by atoms with E-state index in [4.69, 9.17) is 0 Å². The first kappa shape index (κ1) is 9.34. The van der Waals surface area contributed by atoms with Crippen molar-refractivity contribution in [2.75, 3.05) is 0 Å². The predicted molar refractivity (Wildman–Crippen MR) is 54.0 cm³/mol. The summed E-state index contributed by atoms with van der Waals surface area (Å²) in [6.45, 7) is 0. The van der Waals surface area contributed by atoms with E-state index in [-0.39, 0.29) is 10.6 Å². The van der Waals surface area contributed by atoms with Gasteiger partial charge in [-0.25, -0.2) is 8.78 Å². The van der Waals surface area contributed by atoms with Crippen LogP contribution in [0.5, 0.6) is 0 Å². The Morgan fingerprint density at radius 2 is 1.94 bits per heavy atom. The average molecular weight is 238 g/mol. The van der Waals surface area contributed by atoms with Crippen LogP contribution in [-0.4, -0.2) is 19.8 Å². The highest BCUT2D eigenvalue weighted by atomic mass is 32.1. The minimum atomic E-state index is -0.634. The third-order valence-corrected chi connectivity index (χ3v) is 2.99. The molecular weight excluding hydrogens is 234 g/mol. The molecule has 0 unspecified atom stereocenters. The number of rotatable bonds is 1. The molecule has 0 amide bonds. The van der Waals surface area contributed by atoms with E-state index in [0.29, 0.717) is 4.96 Å². The zero-order valence-corrected chi connectivity index (χ0v) is 8.58. The van der Waals surface area contributed by atoms with Crippen LogP contribution in [0.1, 0.15) is 0 Å². The Labute approximate surface area is 92.2 Å². The molecule has 2 heterocycles. The quantitative estimate of drug-likeness (QED) is 0.652. The average Bonchev–Trinajstić information content (AvgIpc) is 2.77. The third-order valence-electron chi connectivity index (χ3n) is 2.06. The van der Waals surface area contributed by atoms with Crippen LogP contribution < -0.4 is 0 Å². The van der Waals surface area contributed by atoms with Gasteiger partial charge < -0.3 is 0 Å². The molecule has 16 heavy (non-hydrogen) atoms. The summed E-state index contributed by atoms with van der Waals surface area (Å²) < 4.78 is 28.3. The molecule has 2 aromatic heterocycles. The first-order chi connectivity index (χ1) is 7.75. The minimum absolute atomic E-state index is 0.127. The molecule has 3 aromatic rings.